The summed E-state index contributed by atoms with van der Waals surface area (Å²) in [4.78, 5) is 0. The molecular formula is C25H24O2. The Hall–Kier alpha value is -2.42. The van der Waals surface area contributed by atoms with Gasteiger partial charge in [-0.15, -0.1) is 0 Å². The van der Waals surface area contributed by atoms with Crippen molar-refractivity contribution in [2.75, 3.05) is 0 Å². The SMILES string of the molecule is CC12C[C@H](c3ccccc3)OC1(c1ccccc1)O[C@@H](c1ccccc1)C2. The molecule has 2 saturated heterocycles. The molecule has 0 spiro atoms. The predicted octanol–water partition coefficient (Wildman–Crippen LogP) is 6.17. The van der Waals surface area contributed by atoms with Crippen LogP contribution in [0.2, 0.25) is 0 Å². The lowest BCUT2D eigenvalue weighted by atomic mass is 9.74. The van der Waals surface area contributed by atoms with Gasteiger partial charge in [-0.1, -0.05) is 97.9 Å². The van der Waals surface area contributed by atoms with E-state index < -0.39 is 5.79 Å². The maximum absolute atomic E-state index is 6.78. The van der Waals surface area contributed by atoms with E-state index in [1.165, 1.54) is 11.1 Å². The van der Waals surface area contributed by atoms with Crippen LogP contribution in [0.15, 0.2) is 91.0 Å². The van der Waals surface area contributed by atoms with Gasteiger partial charge in [-0.2, -0.15) is 0 Å². The summed E-state index contributed by atoms with van der Waals surface area (Å²) < 4.78 is 13.6. The van der Waals surface area contributed by atoms with Crippen molar-refractivity contribution in [3.05, 3.63) is 108 Å². The van der Waals surface area contributed by atoms with Gasteiger partial charge in [0.05, 0.1) is 12.2 Å². The third kappa shape index (κ3) is 2.63. The van der Waals surface area contributed by atoms with Crippen LogP contribution in [0.4, 0.5) is 0 Å². The Labute approximate surface area is 160 Å². The summed E-state index contributed by atoms with van der Waals surface area (Å²) in [7, 11) is 0. The highest BCUT2D eigenvalue weighted by Gasteiger charge is 2.65. The topological polar surface area (TPSA) is 18.5 Å². The van der Waals surface area contributed by atoms with Gasteiger partial charge >= 0.3 is 0 Å². The van der Waals surface area contributed by atoms with Crippen molar-refractivity contribution in [3.63, 3.8) is 0 Å². The molecule has 2 nitrogen and oxygen atoms in total. The van der Waals surface area contributed by atoms with E-state index >= 15 is 0 Å². The molecule has 2 atom stereocenters. The lowest BCUT2D eigenvalue weighted by molar-refractivity contribution is -0.256. The molecule has 3 aromatic carbocycles. The molecule has 136 valence electrons. The highest BCUT2D eigenvalue weighted by atomic mass is 16.7. The molecule has 2 aliphatic rings. The van der Waals surface area contributed by atoms with Crippen LogP contribution in [0.1, 0.15) is 48.7 Å². The Kier molecular flexibility index (Phi) is 3.92. The second-order valence-electron chi connectivity index (χ2n) is 7.99. The van der Waals surface area contributed by atoms with Crippen molar-refractivity contribution in [1.29, 1.82) is 0 Å². The summed E-state index contributed by atoms with van der Waals surface area (Å²) in [6.07, 6.45) is 2.01. The van der Waals surface area contributed by atoms with E-state index in [4.69, 9.17) is 9.47 Å². The number of ether oxygens (including phenoxy) is 2. The molecule has 0 radical (unpaired) electrons. The van der Waals surface area contributed by atoms with Crippen molar-refractivity contribution >= 4 is 0 Å². The Morgan fingerprint density at radius 2 is 1.04 bits per heavy atom. The van der Waals surface area contributed by atoms with Crippen molar-refractivity contribution < 1.29 is 9.47 Å². The number of rotatable bonds is 3. The maximum atomic E-state index is 6.78. The Morgan fingerprint density at radius 3 is 1.48 bits per heavy atom. The lowest BCUT2D eigenvalue weighted by Gasteiger charge is -2.35. The summed E-state index contributed by atoms with van der Waals surface area (Å²) in [5, 5.41) is 0. The Balaban J connectivity index is 1.57. The molecule has 2 fully saturated rings. The zero-order chi connectivity index (χ0) is 18.3. The highest BCUT2D eigenvalue weighted by Crippen LogP contribution is 2.66. The second kappa shape index (κ2) is 6.33. The van der Waals surface area contributed by atoms with Gasteiger partial charge in [-0.3, -0.25) is 0 Å². The normalized spacial score (nSPS) is 32.3. The molecule has 0 aromatic heterocycles. The van der Waals surface area contributed by atoms with Crippen LogP contribution in [0.5, 0.6) is 0 Å². The minimum Gasteiger partial charge on any atom is -0.337 e. The van der Waals surface area contributed by atoms with Gasteiger partial charge in [-0.25, -0.2) is 0 Å². The van der Waals surface area contributed by atoms with Gasteiger partial charge in [0.1, 0.15) is 0 Å². The molecule has 2 aliphatic heterocycles. The van der Waals surface area contributed by atoms with Crippen molar-refractivity contribution in [1.82, 2.24) is 0 Å². The minimum atomic E-state index is -0.713. The summed E-state index contributed by atoms with van der Waals surface area (Å²) in [5.41, 5.74) is 3.48. The standard InChI is InChI=1S/C25H24O2/c1-24-17-22(19-11-5-2-6-12-19)26-25(24,21-15-9-4-10-16-21)27-23(18-24)20-13-7-3-8-14-20/h2-16,22-23H,17-18H2,1H3/t22-,23-,24?,25?/m1/s1. The van der Waals surface area contributed by atoms with Gasteiger partial charge in [0.25, 0.3) is 0 Å². The van der Waals surface area contributed by atoms with E-state index in [0.717, 1.165) is 18.4 Å². The zero-order valence-corrected chi connectivity index (χ0v) is 15.5. The first-order valence-corrected chi connectivity index (χ1v) is 9.71. The van der Waals surface area contributed by atoms with E-state index in [-0.39, 0.29) is 17.6 Å². The fraction of sp³-hybridized carbons (Fsp3) is 0.280. The van der Waals surface area contributed by atoms with Crippen LogP contribution in [0, 0.1) is 5.41 Å². The molecule has 2 heteroatoms. The first-order chi connectivity index (χ1) is 13.2. The molecule has 0 amide bonds. The Bertz CT molecular complexity index is 853. The van der Waals surface area contributed by atoms with Crippen LogP contribution in [-0.2, 0) is 15.3 Å². The molecule has 0 N–H and O–H groups in total. The summed E-state index contributed by atoms with van der Waals surface area (Å²) >= 11 is 0. The molecule has 0 bridgehead atoms. The van der Waals surface area contributed by atoms with Gasteiger partial charge < -0.3 is 9.47 Å². The predicted molar refractivity (Wildman–Crippen MR) is 106 cm³/mol. The number of benzene rings is 3. The third-order valence-electron chi connectivity index (χ3n) is 6.18. The molecule has 2 heterocycles. The fourth-order valence-corrected chi connectivity index (χ4v) is 4.82. The average Bonchev–Trinajstić information content (AvgIpc) is 3.18. The lowest BCUT2D eigenvalue weighted by Crippen LogP contribution is -2.37. The van der Waals surface area contributed by atoms with Crippen molar-refractivity contribution in [2.45, 2.75) is 37.8 Å². The van der Waals surface area contributed by atoms with Gasteiger partial charge in [-0.05, 0) is 24.0 Å². The van der Waals surface area contributed by atoms with E-state index in [1.807, 2.05) is 6.07 Å². The summed E-state index contributed by atoms with van der Waals surface area (Å²) in [6.45, 7) is 2.33. The van der Waals surface area contributed by atoms with E-state index in [0.29, 0.717) is 0 Å². The summed E-state index contributed by atoms with van der Waals surface area (Å²) in [5.74, 6) is -0.713. The zero-order valence-electron chi connectivity index (χ0n) is 15.5. The molecule has 0 unspecified atom stereocenters. The van der Waals surface area contributed by atoms with Crippen molar-refractivity contribution in [2.24, 2.45) is 5.41 Å². The third-order valence-corrected chi connectivity index (χ3v) is 6.18. The molecule has 0 aliphatic carbocycles. The first-order valence-electron chi connectivity index (χ1n) is 9.71. The minimum absolute atomic E-state index is 0.0492. The molecule has 0 saturated carbocycles. The monoisotopic (exact) mass is 356 g/mol. The molecule has 5 rings (SSSR count). The van der Waals surface area contributed by atoms with Gasteiger partial charge in [0, 0.05) is 11.0 Å². The van der Waals surface area contributed by atoms with Crippen molar-refractivity contribution in [3.8, 4) is 0 Å². The quantitative estimate of drug-likeness (QED) is 0.559. The molecule has 3 aromatic rings. The van der Waals surface area contributed by atoms with E-state index in [1.54, 1.807) is 0 Å². The first kappa shape index (κ1) is 16.7. The van der Waals surface area contributed by atoms with E-state index in [2.05, 4.69) is 91.9 Å². The number of hydrogen-bond acceptors (Lipinski definition) is 2. The highest BCUT2D eigenvalue weighted by molar-refractivity contribution is 5.31. The van der Waals surface area contributed by atoms with Crippen LogP contribution < -0.4 is 0 Å². The summed E-state index contributed by atoms with van der Waals surface area (Å²) in [6, 6.07) is 31.5. The van der Waals surface area contributed by atoms with Gasteiger partial charge in [0.15, 0.2) is 0 Å². The van der Waals surface area contributed by atoms with Crippen LogP contribution >= 0.6 is 0 Å². The van der Waals surface area contributed by atoms with Crippen LogP contribution in [-0.4, -0.2) is 0 Å². The maximum Gasteiger partial charge on any atom is 0.201 e. The van der Waals surface area contributed by atoms with E-state index in [9.17, 15) is 0 Å². The number of fused-ring (bicyclic) bond motifs is 1. The second-order valence-corrected chi connectivity index (χ2v) is 7.99. The largest absolute Gasteiger partial charge is 0.337 e. The Morgan fingerprint density at radius 1 is 0.630 bits per heavy atom. The average molecular weight is 356 g/mol. The van der Waals surface area contributed by atoms with Gasteiger partial charge in [0.2, 0.25) is 5.79 Å². The smallest absolute Gasteiger partial charge is 0.201 e. The fourth-order valence-electron chi connectivity index (χ4n) is 4.82. The van der Waals surface area contributed by atoms with Crippen LogP contribution in [0.3, 0.4) is 0 Å². The number of hydrogen-bond donors (Lipinski definition) is 0. The van der Waals surface area contributed by atoms with Crippen LogP contribution in [0.25, 0.3) is 0 Å². The molecular weight excluding hydrogens is 332 g/mol. The molecule has 27 heavy (non-hydrogen) atoms.